The largest absolute Gasteiger partial charge is 0.497 e. The number of carbonyl (C=O) groups is 1. The number of anilines is 1. The maximum absolute atomic E-state index is 13.3. The van der Waals surface area contributed by atoms with E-state index in [4.69, 9.17) is 14.2 Å². The van der Waals surface area contributed by atoms with Crippen LogP contribution in [-0.2, 0) is 0 Å². The molecule has 0 radical (unpaired) electrons. The van der Waals surface area contributed by atoms with Crippen LogP contribution < -0.4 is 24.4 Å². The first-order valence-electron chi connectivity index (χ1n) is 11.7. The number of hydrogen-bond acceptors (Lipinski definition) is 6. The minimum Gasteiger partial charge on any atom is -0.497 e. The summed E-state index contributed by atoms with van der Waals surface area (Å²) in [5, 5.41) is 3.10. The van der Waals surface area contributed by atoms with E-state index in [1.807, 2.05) is 30.3 Å². The Kier molecular flexibility index (Phi) is 6.72. The first kappa shape index (κ1) is 23.0. The van der Waals surface area contributed by atoms with Gasteiger partial charge in [0.15, 0.2) is 11.5 Å². The van der Waals surface area contributed by atoms with Gasteiger partial charge in [0, 0.05) is 44.0 Å². The van der Waals surface area contributed by atoms with Crippen molar-refractivity contribution in [3.63, 3.8) is 0 Å². The molecular weight excluding hydrogens is 449 g/mol. The van der Waals surface area contributed by atoms with Crippen molar-refractivity contribution < 1.29 is 23.4 Å². The second-order valence-corrected chi connectivity index (χ2v) is 8.57. The summed E-state index contributed by atoms with van der Waals surface area (Å²) < 4.78 is 29.6. The SMILES string of the molecule is COc1ccc(C(=O)NC[C@H](c2ccc3c(c2)OCO3)N2CCN(c3ccc(F)cc3)CC2)cc1. The van der Waals surface area contributed by atoms with E-state index in [2.05, 4.69) is 15.1 Å². The van der Waals surface area contributed by atoms with Gasteiger partial charge in [-0.2, -0.15) is 0 Å². The molecule has 2 aliphatic heterocycles. The number of carbonyl (C=O) groups excluding carboxylic acids is 1. The van der Waals surface area contributed by atoms with Crippen molar-refractivity contribution in [2.24, 2.45) is 0 Å². The van der Waals surface area contributed by atoms with Crippen LogP contribution in [0.15, 0.2) is 66.7 Å². The highest BCUT2D eigenvalue weighted by Crippen LogP contribution is 2.36. The number of halogens is 1. The van der Waals surface area contributed by atoms with Crippen LogP contribution >= 0.6 is 0 Å². The zero-order chi connectivity index (χ0) is 24.2. The average Bonchev–Trinajstić information content (AvgIpc) is 3.38. The van der Waals surface area contributed by atoms with Crippen LogP contribution in [0, 0.1) is 5.82 Å². The van der Waals surface area contributed by atoms with Gasteiger partial charge in [0.1, 0.15) is 11.6 Å². The van der Waals surface area contributed by atoms with E-state index >= 15 is 0 Å². The molecule has 3 aromatic rings. The molecule has 5 rings (SSSR count). The van der Waals surface area contributed by atoms with Gasteiger partial charge in [0.05, 0.1) is 13.2 Å². The van der Waals surface area contributed by atoms with Crippen molar-refractivity contribution >= 4 is 11.6 Å². The van der Waals surface area contributed by atoms with Crippen LogP contribution in [-0.4, -0.2) is 57.4 Å². The number of fused-ring (bicyclic) bond motifs is 1. The van der Waals surface area contributed by atoms with Crippen molar-refractivity contribution in [1.82, 2.24) is 10.2 Å². The van der Waals surface area contributed by atoms with Crippen LogP contribution in [0.4, 0.5) is 10.1 Å². The van der Waals surface area contributed by atoms with Gasteiger partial charge in [-0.3, -0.25) is 9.69 Å². The number of rotatable bonds is 7. The van der Waals surface area contributed by atoms with Crippen molar-refractivity contribution in [1.29, 1.82) is 0 Å². The number of nitrogens with zero attached hydrogens (tertiary/aromatic N) is 2. The fourth-order valence-electron chi connectivity index (χ4n) is 4.56. The summed E-state index contributed by atoms with van der Waals surface area (Å²) in [6.07, 6.45) is 0. The third-order valence-electron chi connectivity index (χ3n) is 6.54. The van der Waals surface area contributed by atoms with Crippen LogP contribution in [0.1, 0.15) is 22.0 Å². The molecule has 3 aromatic carbocycles. The Bertz CT molecular complexity index is 1160. The molecule has 0 spiro atoms. The second-order valence-electron chi connectivity index (χ2n) is 8.57. The summed E-state index contributed by atoms with van der Waals surface area (Å²) in [6.45, 7) is 3.87. The van der Waals surface area contributed by atoms with E-state index in [1.54, 1.807) is 31.4 Å². The minimum absolute atomic E-state index is 0.0398. The van der Waals surface area contributed by atoms with Gasteiger partial charge in [0.2, 0.25) is 6.79 Å². The Hall–Kier alpha value is -3.78. The van der Waals surface area contributed by atoms with Gasteiger partial charge in [-0.1, -0.05) is 6.07 Å². The van der Waals surface area contributed by atoms with Crippen LogP contribution in [0.3, 0.4) is 0 Å². The van der Waals surface area contributed by atoms with Gasteiger partial charge >= 0.3 is 0 Å². The minimum atomic E-state index is -0.233. The fraction of sp³-hybridized carbons (Fsp3) is 0.296. The maximum Gasteiger partial charge on any atom is 0.251 e. The molecule has 182 valence electrons. The molecule has 0 aromatic heterocycles. The Labute approximate surface area is 204 Å². The van der Waals surface area contributed by atoms with Crippen molar-refractivity contribution in [2.75, 3.05) is 51.5 Å². The van der Waals surface area contributed by atoms with E-state index in [1.165, 1.54) is 12.1 Å². The number of amides is 1. The summed E-state index contributed by atoms with van der Waals surface area (Å²) in [4.78, 5) is 17.5. The Morgan fingerprint density at radius 3 is 2.40 bits per heavy atom. The second kappa shape index (κ2) is 10.2. The predicted octanol–water partition coefficient (Wildman–Crippen LogP) is 3.86. The molecular formula is C27H28FN3O4. The summed E-state index contributed by atoms with van der Waals surface area (Å²) in [6, 6.07) is 19.6. The van der Waals surface area contributed by atoms with Gasteiger partial charge in [0.25, 0.3) is 5.91 Å². The van der Waals surface area contributed by atoms with Crippen LogP contribution in [0.2, 0.25) is 0 Å². The van der Waals surface area contributed by atoms with E-state index in [0.29, 0.717) is 17.9 Å². The van der Waals surface area contributed by atoms with Gasteiger partial charge in [-0.25, -0.2) is 4.39 Å². The number of ether oxygens (including phenoxy) is 3. The number of nitrogens with one attached hydrogen (secondary N) is 1. The van der Waals surface area contributed by atoms with Crippen molar-refractivity contribution in [3.05, 3.63) is 83.7 Å². The molecule has 1 N–H and O–H groups in total. The molecule has 0 bridgehead atoms. The predicted molar refractivity (Wildman–Crippen MR) is 131 cm³/mol. The number of benzene rings is 3. The number of hydrogen-bond donors (Lipinski definition) is 1. The summed E-state index contributed by atoms with van der Waals surface area (Å²) in [7, 11) is 1.60. The maximum atomic E-state index is 13.3. The highest BCUT2D eigenvalue weighted by atomic mass is 19.1. The first-order valence-corrected chi connectivity index (χ1v) is 11.7. The standard InChI is InChI=1S/C27H28FN3O4/c1-33-23-9-2-19(3-10-23)27(32)29-17-24(20-4-11-25-26(16-20)35-18-34-25)31-14-12-30(13-15-31)22-7-5-21(28)6-8-22/h2-11,16,24H,12-15,17-18H2,1H3,(H,29,32)/t24-/m1/s1. The molecule has 0 aliphatic carbocycles. The van der Waals surface area contributed by atoms with Gasteiger partial charge in [-0.15, -0.1) is 0 Å². The fourth-order valence-corrected chi connectivity index (χ4v) is 4.56. The Morgan fingerprint density at radius 1 is 0.971 bits per heavy atom. The Balaban J connectivity index is 1.30. The summed E-state index contributed by atoms with van der Waals surface area (Å²) >= 11 is 0. The third-order valence-corrected chi connectivity index (χ3v) is 6.54. The summed E-state index contributed by atoms with van der Waals surface area (Å²) in [5.74, 6) is 1.79. The molecule has 1 amide bonds. The lowest BCUT2D eigenvalue weighted by Gasteiger charge is -2.40. The van der Waals surface area contributed by atoms with Crippen molar-refractivity contribution in [2.45, 2.75) is 6.04 Å². The van der Waals surface area contributed by atoms with Gasteiger partial charge in [-0.05, 0) is 66.2 Å². The molecule has 1 saturated heterocycles. The molecule has 35 heavy (non-hydrogen) atoms. The van der Waals surface area contributed by atoms with E-state index in [-0.39, 0.29) is 24.6 Å². The average molecular weight is 478 g/mol. The quantitative estimate of drug-likeness (QED) is 0.558. The Morgan fingerprint density at radius 2 is 1.69 bits per heavy atom. The zero-order valence-corrected chi connectivity index (χ0v) is 19.6. The highest BCUT2D eigenvalue weighted by molar-refractivity contribution is 5.94. The lowest BCUT2D eigenvalue weighted by Crippen LogP contribution is -2.50. The van der Waals surface area contributed by atoms with Crippen LogP contribution in [0.5, 0.6) is 17.2 Å². The molecule has 0 unspecified atom stereocenters. The van der Waals surface area contributed by atoms with Crippen molar-refractivity contribution in [3.8, 4) is 17.2 Å². The normalized spacial score (nSPS) is 16.1. The monoisotopic (exact) mass is 477 g/mol. The van der Waals surface area contributed by atoms with E-state index < -0.39 is 0 Å². The molecule has 1 fully saturated rings. The highest BCUT2D eigenvalue weighted by Gasteiger charge is 2.27. The smallest absolute Gasteiger partial charge is 0.251 e. The van der Waals surface area contributed by atoms with E-state index in [0.717, 1.165) is 48.9 Å². The lowest BCUT2D eigenvalue weighted by molar-refractivity contribution is 0.0930. The first-order chi connectivity index (χ1) is 17.1. The molecule has 2 aliphatic rings. The zero-order valence-electron chi connectivity index (χ0n) is 19.6. The molecule has 8 heteroatoms. The topological polar surface area (TPSA) is 63.3 Å². The number of piperazine rings is 1. The van der Waals surface area contributed by atoms with E-state index in [9.17, 15) is 9.18 Å². The third kappa shape index (κ3) is 5.17. The molecule has 7 nitrogen and oxygen atoms in total. The molecule has 2 heterocycles. The number of methoxy groups -OCH3 is 1. The van der Waals surface area contributed by atoms with Gasteiger partial charge < -0.3 is 24.4 Å². The molecule has 1 atom stereocenters. The summed E-state index contributed by atoms with van der Waals surface area (Å²) in [5.41, 5.74) is 2.65. The van der Waals surface area contributed by atoms with Crippen LogP contribution in [0.25, 0.3) is 0 Å². The lowest BCUT2D eigenvalue weighted by atomic mass is 10.0. The molecule has 0 saturated carbocycles.